The van der Waals surface area contributed by atoms with Crippen molar-refractivity contribution in [1.29, 1.82) is 0 Å². The Morgan fingerprint density at radius 3 is 2.27 bits per heavy atom. The highest BCUT2D eigenvalue weighted by molar-refractivity contribution is 14.1. The van der Waals surface area contributed by atoms with Crippen LogP contribution in [0.5, 0.6) is 0 Å². The van der Waals surface area contributed by atoms with Crippen LogP contribution in [0.25, 0.3) is 0 Å². The van der Waals surface area contributed by atoms with E-state index in [-0.39, 0.29) is 0 Å². The normalized spacial score (nSPS) is 21.4. The molecule has 1 aliphatic rings. The van der Waals surface area contributed by atoms with Crippen molar-refractivity contribution in [2.75, 3.05) is 14.2 Å². The van der Waals surface area contributed by atoms with E-state index in [0.717, 1.165) is 18.4 Å². The zero-order valence-electron chi connectivity index (χ0n) is 8.71. The fraction of sp³-hybridized carbons (Fsp3) is 0.600. The highest BCUT2D eigenvalue weighted by Gasteiger charge is 2.53. The van der Waals surface area contributed by atoms with Gasteiger partial charge in [0.05, 0.1) is 14.2 Å². The Kier molecular flexibility index (Phi) is 4.12. The van der Waals surface area contributed by atoms with Gasteiger partial charge in [0, 0.05) is 0 Å². The molecule has 4 nitrogen and oxygen atoms in total. The van der Waals surface area contributed by atoms with Gasteiger partial charge in [0.25, 0.3) is 0 Å². The minimum absolute atomic E-state index is 0.473. The molecule has 0 radical (unpaired) electrons. The number of esters is 2. The van der Waals surface area contributed by atoms with Crippen LogP contribution in [0.4, 0.5) is 0 Å². The maximum atomic E-state index is 11.7. The van der Waals surface area contributed by atoms with E-state index in [1.807, 2.05) is 22.6 Å². The summed E-state index contributed by atoms with van der Waals surface area (Å²) in [5.74, 6) is -1.04. The molecule has 0 saturated heterocycles. The molecule has 0 aromatic carbocycles. The zero-order chi connectivity index (χ0) is 11.5. The summed E-state index contributed by atoms with van der Waals surface area (Å²) in [6.45, 7) is 0. The molecule has 5 heteroatoms. The second-order valence-electron chi connectivity index (χ2n) is 3.38. The Labute approximate surface area is 102 Å². The first-order chi connectivity index (χ1) is 7.13. The van der Waals surface area contributed by atoms with Crippen LogP contribution in [0.15, 0.2) is 9.66 Å². The first-order valence-corrected chi connectivity index (χ1v) is 5.84. The van der Waals surface area contributed by atoms with Crippen molar-refractivity contribution >= 4 is 34.5 Å². The summed E-state index contributed by atoms with van der Waals surface area (Å²) in [4.78, 5) is 23.5. The third kappa shape index (κ3) is 1.89. The quantitative estimate of drug-likeness (QED) is 0.442. The number of halogens is 1. The first-order valence-electron chi connectivity index (χ1n) is 4.60. The first kappa shape index (κ1) is 12.5. The average molecular weight is 324 g/mol. The SMILES string of the molecule is COC(=O)C1(C(=O)OC)CCC/C1=C\I. The number of hydrogen-bond donors (Lipinski definition) is 0. The summed E-state index contributed by atoms with van der Waals surface area (Å²) in [5.41, 5.74) is -0.396. The largest absolute Gasteiger partial charge is 0.468 e. The minimum Gasteiger partial charge on any atom is -0.468 e. The van der Waals surface area contributed by atoms with Crippen LogP contribution < -0.4 is 0 Å². The molecule has 0 N–H and O–H groups in total. The van der Waals surface area contributed by atoms with Gasteiger partial charge in [0.2, 0.25) is 0 Å². The van der Waals surface area contributed by atoms with Crippen molar-refractivity contribution in [2.24, 2.45) is 5.41 Å². The van der Waals surface area contributed by atoms with Crippen LogP contribution in [0, 0.1) is 5.41 Å². The lowest BCUT2D eigenvalue weighted by Crippen LogP contribution is -2.40. The van der Waals surface area contributed by atoms with Crippen LogP contribution in [0.3, 0.4) is 0 Å². The number of carbonyl (C=O) groups is 2. The number of ether oxygens (including phenoxy) is 2. The Hall–Kier alpha value is -0.590. The third-order valence-corrected chi connectivity index (χ3v) is 3.50. The second-order valence-corrected chi connectivity index (χ2v) is 4.00. The molecule has 0 aliphatic heterocycles. The van der Waals surface area contributed by atoms with E-state index >= 15 is 0 Å². The summed E-state index contributed by atoms with van der Waals surface area (Å²) >= 11 is 2.04. The number of carbonyl (C=O) groups excluding carboxylic acids is 2. The topological polar surface area (TPSA) is 52.6 Å². The smallest absolute Gasteiger partial charge is 0.327 e. The highest BCUT2D eigenvalue weighted by atomic mass is 127. The molecule has 1 fully saturated rings. The molecule has 0 bridgehead atoms. The molecular formula is C10H13IO4. The van der Waals surface area contributed by atoms with E-state index in [1.165, 1.54) is 14.2 Å². The van der Waals surface area contributed by atoms with Gasteiger partial charge in [-0.1, -0.05) is 22.6 Å². The van der Waals surface area contributed by atoms with E-state index in [1.54, 1.807) is 4.08 Å². The van der Waals surface area contributed by atoms with Crippen molar-refractivity contribution in [3.05, 3.63) is 9.66 Å². The van der Waals surface area contributed by atoms with E-state index in [2.05, 4.69) is 0 Å². The van der Waals surface area contributed by atoms with Crippen molar-refractivity contribution in [1.82, 2.24) is 0 Å². The monoisotopic (exact) mass is 324 g/mol. The van der Waals surface area contributed by atoms with Crippen LogP contribution in [0.1, 0.15) is 19.3 Å². The Balaban J connectivity index is 3.17. The molecule has 1 aliphatic carbocycles. The molecule has 0 unspecified atom stereocenters. The van der Waals surface area contributed by atoms with Crippen LogP contribution in [0.2, 0.25) is 0 Å². The summed E-state index contributed by atoms with van der Waals surface area (Å²) in [6.07, 6.45) is 2.02. The molecule has 0 amide bonds. The maximum absolute atomic E-state index is 11.7. The molecule has 84 valence electrons. The van der Waals surface area contributed by atoms with Gasteiger partial charge in [-0.3, -0.25) is 9.59 Å². The summed E-state index contributed by atoms with van der Waals surface area (Å²) in [6, 6.07) is 0. The number of methoxy groups -OCH3 is 2. The molecular weight excluding hydrogens is 311 g/mol. The van der Waals surface area contributed by atoms with Gasteiger partial charge in [-0.05, 0) is 28.9 Å². The molecule has 1 saturated carbocycles. The van der Waals surface area contributed by atoms with Gasteiger partial charge < -0.3 is 9.47 Å². The summed E-state index contributed by atoms with van der Waals surface area (Å²) in [5, 5.41) is 0. The summed E-state index contributed by atoms with van der Waals surface area (Å²) in [7, 11) is 2.58. The lowest BCUT2D eigenvalue weighted by Gasteiger charge is -2.24. The van der Waals surface area contributed by atoms with Gasteiger partial charge >= 0.3 is 11.9 Å². The molecule has 0 atom stereocenters. The molecule has 0 spiro atoms. The predicted molar refractivity (Wildman–Crippen MR) is 62.4 cm³/mol. The Morgan fingerprint density at radius 2 is 1.87 bits per heavy atom. The molecule has 0 aromatic heterocycles. The standard InChI is InChI=1S/C10H13IO4/c1-14-8(12)10(9(13)15-2)5-3-4-7(10)6-11/h6H,3-5H2,1-2H3/b7-6+. The lowest BCUT2D eigenvalue weighted by molar-refractivity contribution is -0.165. The average Bonchev–Trinajstić information content (AvgIpc) is 2.71. The van der Waals surface area contributed by atoms with Gasteiger partial charge in [-0.2, -0.15) is 0 Å². The van der Waals surface area contributed by atoms with Crippen LogP contribution >= 0.6 is 22.6 Å². The highest BCUT2D eigenvalue weighted by Crippen LogP contribution is 2.45. The third-order valence-electron chi connectivity index (χ3n) is 2.75. The molecule has 15 heavy (non-hydrogen) atoms. The lowest BCUT2D eigenvalue weighted by atomic mass is 9.83. The molecule has 0 aromatic rings. The summed E-state index contributed by atoms with van der Waals surface area (Å²) < 4.78 is 11.2. The van der Waals surface area contributed by atoms with Crippen molar-refractivity contribution in [2.45, 2.75) is 19.3 Å². The Bertz CT molecular complexity index is 293. The van der Waals surface area contributed by atoms with Crippen LogP contribution in [-0.2, 0) is 19.1 Å². The Morgan fingerprint density at radius 1 is 1.33 bits per heavy atom. The molecule has 0 heterocycles. The van der Waals surface area contributed by atoms with Gasteiger partial charge in [0.1, 0.15) is 0 Å². The minimum atomic E-state index is -1.19. The van der Waals surface area contributed by atoms with E-state index in [0.29, 0.717) is 6.42 Å². The second kappa shape index (κ2) is 4.96. The van der Waals surface area contributed by atoms with Crippen LogP contribution in [-0.4, -0.2) is 26.2 Å². The van der Waals surface area contributed by atoms with Crippen molar-refractivity contribution in [3.8, 4) is 0 Å². The van der Waals surface area contributed by atoms with Crippen molar-refractivity contribution < 1.29 is 19.1 Å². The predicted octanol–water partition coefficient (Wildman–Crippen LogP) is 1.82. The fourth-order valence-corrected chi connectivity index (χ4v) is 2.81. The van der Waals surface area contributed by atoms with Gasteiger partial charge in [-0.25, -0.2) is 0 Å². The number of hydrogen-bond acceptors (Lipinski definition) is 4. The molecule has 1 rings (SSSR count). The van der Waals surface area contributed by atoms with E-state index < -0.39 is 17.4 Å². The van der Waals surface area contributed by atoms with Gasteiger partial charge in [0.15, 0.2) is 5.41 Å². The number of rotatable bonds is 2. The van der Waals surface area contributed by atoms with Crippen molar-refractivity contribution in [3.63, 3.8) is 0 Å². The van der Waals surface area contributed by atoms with E-state index in [4.69, 9.17) is 9.47 Å². The maximum Gasteiger partial charge on any atom is 0.327 e. The van der Waals surface area contributed by atoms with Gasteiger partial charge in [-0.15, -0.1) is 0 Å². The van der Waals surface area contributed by atoms with E-state index in [9.17, 15) is 9.59 Å². The zero-order valence-corrected chi connectivity index (χ0v) is 10.9. The fourth-order valence-electron chi connectivity index (χ4n) is 1.96.